The molecule has 1 unspecified atom stereocenters. The minimum Gasteiger partial charge on any atom is -0.375 e. The van der Waals surface area contributed by atoms with Crippen LogP contribution in [-0.2, 0) is 16.8 Å². The van der Waals surface area contributed by atoms with Crippen LogP contribution in [-0.4, -0.2) is 11.0 Å². The Morgan fingerprint density at radius 1 is 0.857 bits per heavy atom. The molecular formula is C29H20ClN3O2. The van der Waals surface area contributed by atoms with Crippen molar-refractivity contribution in [3.05, 3.63) is 124 Å². The lowest BCUT2D eigenvalue weighted by atomic mass is 9.85. The molecule has 1 atom stereocenters. The van der Waals surface area contributed by atoms with Gasteiger partial charge in [0, 0.05) is 12.1 Å². The van der Waals surface area contributed by atoms with Crippen molar-refractivity contribution in [2.24, 2.45) is 0 Å². The number of carbonyl (C=O) groups is 1. The second-order valence-electron chi connectivity index (χ2n) is 8.05. The zero-order valence-electron chi connectivity index (χ0n) is 18.6. The number of benzene rings is 4. The molecule has 0 spiro atoms. The van der Waals surface area contributed by atoms with Crippen LogP contribution >= 0.6 is 11.6 Å². The molecule has 170 valence electrons. The fraction of sp³-hybridized carbons (Fsp3) is 0.0690. The van der Waals surface area contributed by atoms with Gasteiger partial charge in [0.25, 0.3) is 5.91 Å². The number of hydrogen-bond acceptors (Lipinski definition) is 4. The van der Waals surface area contributed by atoms with Gasteiger partial charge in [-0.25, -0.2) is 0 Å². The van der Waals surface area contributed by atoms with Gasteiger partial charge in [-0.1, -0.05) is 78.3 Å². The Bertz CT molecular complexity index is 1450. The van der Waals surface area contributed by atoms with E-state index in [-0.39, 0.29) is 11.4 Å². The third kappa shape index (κ3) is 5.23. The smallest absolute Gasteiger partial charge is 0.261 e. The maximum atomic E-state index is 13.4. The first-order valence-corrected chi connectivity index (χ1v) is 11.2. The lowest BCUT2D eigenvalue weighted by Crippen LogP contribution is -2.42. The van der Waals surface area contributed by atoms with Crippen molar-refractivity contribution >= 4 is 23.2 Å². The van der Waals surface area contributed by atoms with E-state index in [1.54, 1.807) is 42.5 Å². The lowest BCUT2D eigenvalue weighted by molar-refractivity contribution is -0.135. The summed E-state index contributed by atoms with van der Waals surface area (Å²) < 4.78 is 0. The zero-order chi connectivity index (χ0) is 24.8. The van der Waals surface area contributed by atoms with Crippen LogP contribution in [0.3, 0.4) is 0 Å². The molecule has 0 bridgehead atoms. The second kappa shape index (κ2) is 10.2. The number of amides is 1. The second-order valence-corrected chi connectivity index (χ2v) is 8.46. The standard InChI is InChI=1S/C29H20ClN3O2/c30-27-16-26(14-13-24(27)19-32)33-28(34)29(35,25-7-2-1-3-8-25)17-21-5-4-6-23(15-21)22-11-9-20(18-31)10-12-22/h1-16,35H,17H2,(H,33,34). The summed E-state index contributed by atoms with van der Waals surface area (Å²) in [6.07, 6.45) is 0.0248. The molecule has 0 aromatic heterocycles. The molecule has 0 aliphatic carbocycles. The average Bonchev–Trinajstić information content (AvgIpc) is 2.89. The predicted octanol–water partition coefficient (Wildman–Crippen LogP) is 5.82. The third-order valence-corrected chi connectivity index (χ3v) is 6.02. The third-order valence-electron chi connectivity index (χ3n) is 5.71. The molecule has 2 N–H and O–H groups in total. The van der Waals surface area contributed by atoms with Crippen LogP contribution in [0.15, 0.2) is 97.1 Å². The topological polar surface area (TPSA) is 96.9 Å². The molecule has 0 saturated heterocycles. The summed E-state index contributed by atoms with van der Waals surface area (Å²) in [6, 6.07) is 32.2. The van der Waals surface area contributed by atoms with Crippen molar-refractivity contribution in [3.8, 4) is 23.3 Å². The Hall–Kier alpha value is -4.42. The summed E-state index contributed by atoms with van der Waals surface area (Å²) in [4.78, 5) is 13.4. The Balaban J connectivity index is 1.67. The summed E-state index contributed by atoms with van der Waals surface area (Å²) in [5, 5.41) is 32.8. The summed E-state index contributed by atoms with van der Waals surface area (Å²) in [5.41, 5.74) is 2.40. The highest BCUT2D eigenvalue weighted by Crippen LogP contribution is 2.30. The first-order valence-electron chi connectivity index (χ1n) is 10.8. The van der Waals surface area contributed by atoms with Gasteiger partial charge >= 0.3 is 0 Å². The number of hydrogen-bond donors (Lipinski definition) is 2. The van der Waals surface area contributed by atoms with Crippen molar-refractivity contribution in [1.29, 1.82) is 10.5 Å². The van der Waals surface area contributed by atoms with Crippen LogP contribution in [0.2, 0.25) is 5.02 Å². The summed E-state index contributed by atoms with van der Waals surface area (Å²) in [6.45, 7) is 0. The molecule has 4 aromatic carbocycles. The van der Waals surface area contributed by atoms with Gasteiger partial charge in [-0.15, -0.1) is 0 Å². The van der Waals surface area contributed by atoms with Gasteiger partial charge in [-0.05, 0) is 52.6 Å². The van der Waals surface area contributed by atoms with Crippen molar-refractivity contribution < 1.29 is 9.90 Å². The van der Waals surface area contributed by atoms with Gasteiger partial charge < -0.3 is 10.4 Å². The van der Waals surface area contributed by atoms with Crippen molar-refractivity contribution in [2.45, 2.75) is 12.0 Å². The molecule has 0 heterocycles. The first-order chi connectivity index (χ1) is 16.9. The van der Waals surface area contributed by atoms with E-state index in [2.05, 4.69) is 11.4 Å². The van der Waals surface area contributed by atoms with E-state index >= 15 is 0 Å². The zero-order valence-corrected chi connectivity index (χ0v) is 19.3. The molecule has 0 aliphatic heterocycles. The van der Waals surface area contributed by atoms with E-state index in [1.165, 1.54) is 12.1 Å². The summed E-state index contributed by atoms with van der Waals surface area (Å²) in [5.74, 6) is -0.617. The molecule has 0 saturated carbocycles. The van der Waals surface area contributed by atoms with Crippen LogP contribution in [0.5, 0.6) is 0 Å². The van der Waals surface area contributed by atoms with Crippen LogP contribution < -0.4 is 5.32 Å². The minimum atomic E-state index is -1.87. The molecule has 0 aliphatic rings. The molecule has 0 fully saturated rings. The fourth-order valence-electron chi connectivity index (χ4n) is 3.84. The van der Waals surface area contributed by atoms with Gasteiger partial charge in [0.15, 0.2) is 5.60 Å². The summed E-state index contributed by atoms with van der Waals surface area (Å²) >= 11 is 6.11. The molecule has 5 nitrogen and oxygen atoms in total. The van der Waals surface area contributed by atoms with E-state index < -0.39 is 11.5 Å². The molecule has 6 heteroatoms. The maximum absolute atomic E-state index is 13.4. The SMILES string of the molecule is N#Cc1ccc(-c2cccc(CC(O)(C(=O)Nc3ccc(C#N)c(Cl)c3)c3ccccc3)c2)cc1. The number of nitriles is 2. The van der Waals surface area contributed by atoms with Gasteiger partial charge in [-0.2, -0.15) is 10.5 Å². The predicted molar refractivity (Wildman–Crippen MR) is 135 cm³/mol. The Labute approximate surface area is 208 Å². The number of halogens is 1. The lowest BCUT2D eigenvalue weighted by Gasteiger charge is -2.28. The van der Waals surface area contributed by atoms with E-state index in [0.717, 1.165) is 16.7 Å². The van der Waals surface area contributed by atoms with E-state index in [1.807, 2.05) is 48.5 Å². The molecule has 4 aromatic rings. The Kier molecular flexibility index (Phi) is 6.94. The van der Waals surface area contributed by atoms with Crippen LogP contribution in [0.4, 0.5) is 5.69 Å². The van der Waals surface area contributed by atoms with Crippen LogP contribution in [0.25, 0.3) is 11.1 Å². The quantitative estimate of drug-likeness (QED) is 0.365. The Morgan fingerprint density at radius 2 is 1.60 bits per heavy atom. The van der Waals surface area contributed by atoms with E-state index in [9.17, 15) is 9.90 Å². The number of nitrogens with one attached hydrogen (secondary N) is 1. The van der Waals surface area contributed by atoms with E-state index in [4.69, 9.17) is 22.1 Å². The largest absolute Gasteiger partial charge is 0.375 e. The normalized spacial score (nSPS) is 12.1. The fourth-order valence-corrected chi connectivity index (χ4v) is 4.06. The van der Waals surface area contributed by atoms with Crippen LogP contribution in [0, 0.1) is 22.7 Å². The monoisotopic (exact) mass is 477 g/mol. The number of nitrogens with zero attached hydrogens (tertiary/aromatic N) is 2. The number of rotatable bonds is 6. The first kappa shape index (κ1) is 23.7. The van der Waals surface area contributed by atoms with Crippen LogP contribution in [0.1, 0.15) is 22.3 Å². The van der Waals surface area contributed by atoms with Crippen molar-refractivity contribution in [3.63, 3.8) is 0 Å². The van der Waals surface area contributed by atoms with Gasteiger partial charge in [0.1, 0.15) is 6.07 Å². The minimum absolute atomic E-state index is 0.0248. The molecular weight excluding hydrogens is 458 g/mol. The maximum Gasteiger partial charge on any atom is 0.261 e. The highest BCUT2D eigenvalue weighted by atomic mass is 35.5. The average molecular weight is 478 g/mol. The summed E-state index contributed by atoms with van der Waals surface area (Å²) in [7, 11) is 0. The van der Waals surface area contributed by atoms with E-state index in [0.29, 0.717) is 22.4 Å². The molecule has 35 heavy (non-hydrogen) atoms. The van der Waals surface area contributed by atoms with Crippen molar-refractivity contribution in [2.75, 3.05) is 5.32 Å². The van der Waals surface area contributed by atoms with Gasteiger partial charge in [-0.3, -0.25) is 4.79 Å². The van der Waals surface area contributed by atoms with Gasteiger partial charge in [0.05, 0.1) is 22.2 Å². The number of aliphatic hydroxyl groups is 1. The molecule has 0 radical (unpaired) electrons. The Morgan fingerprint density at radius 3 is 2.26 bits per heavy atom. The number of anilines is 1. The van der Waals surface area contributed by atoms with Gasteiger partial charge in [0.2, 0.25) is 0 Å². The molecule has 1 amide bonds. The van der Waals surface area contributed by atoms with Crippen molar-refractivity contribution in [1.82, 2.24) is 0 Å². The highest BCUT2D eigenvalue weighted by Gasteiger charge is 2.38. The number of carbonyl (C=O) groups excluding carboxylic acids is 1. The highest BCUT2D eigenvalue weighted by molar-refractivity contribution is 6.32. The molecule has 4 rings (SSSR count).